The maximum absolute atomic E-state index is 12.5. The Kier molecular flexibility index (Phi) is 4.92. The minimum Gasteiger partial charge on any atom is -0.480 e. The Balaban J connectivity index is 1.62. The van der Waals surface area contributed by atoms with Crippen molar-refractivity contribution in [2.45, 2.75) is 43.7 Å². The van der Waals surface area contributed by atoms with E-state index in [0.29, 0.717) is 12.8 Å². The van der Waals surface area contributed by atoms with E-state index in [0.717, 1.165) is 23.3 Å². The van der Waals surface area contributed by atoms with E-state index in [-0.39, 0.29) is 6.42 Å². The summed E-state index contributed by atoms with van der Waals surface area (Å²) in [5, 5.41) is 14.4. The molecule has 1 spiro atoms. The van der Waals surface area contributed by atoms with E-state index in [2.05, 4.69) is 10.6 Å². The van der Waals surface area contributed by atoms with Crippen LogP contribution in [0, 0.1) is 0 Å². The first kappa shape index (κ1) is 17.9. The molecule has 3 rings (SSSR count). The fourth-order valence-electron chi connectivity index (χ4n) is 3.57. The number of carbonyl (C=O) groups excluding carboxylic acids is 3. The van der Waals surface area contributed by atoms with Crippen LogP contribution in [0.2, 0.25) is 0 Å². The minimum absolute atomic E-state index is 0.117. The highest BCUT2D eigenvalue weighted by Crippen LogP contribution is 2.34. The van der Waals surface area contributed by atoms with E-state index >= 15 is 0 Å². The second-order valence-electron chi connectivity index (χ2n) is 6.76. The Labute approximate surface area is 150 Å². The molecule has 1 aromatic carbocycles. The molecule has 1 aliphatic carbocycles. The van der Waals surface area contributed by atoms with Crippen LogP contribution in [0.25, 0.3) is 0 Å². The number of benzene rings is 1. The zero-order valence-corrected chi connectivity index (χ0v) is 14.2. The van der Waals surface area contributed by atoms with Crippen molar-refractivity contribution in [2.75, 3.05) is 6.54 Å². The predicted molar refractivity (Wildman–Crippen MR) is 91.2 cm³/mol. The van der Waals surface area contributed by atoms with Crippen LogP contribution in [-0.4, -0.2) is 51.9 Å². The maximum Gasteiger partial charge on any atom is 0.326 e. The third kappa shape index (κ3) is 3.54. The quantitative estimate of drug-likeness (QED) is 0.646. The molecule has 0 bridgehead atoms. The minimum atomic E-state index is -1.17. The largest absolute Gasteiger partial charge is 0.480 e. The number of imide groups is 1. The lowest BCUT2D eigenvalue weighted by molar-refractivity contribution is -0.142. The fourth-order valence-corrected chi connectivity index (χ4v) is 3.57. The molecular weight excluding hydrogens is 338 g/mol. The highest BCUT2D eigenvalue weighted by molar-refractivity contribution is 6.09. The van der Waals surface area contributed by atoms with Crippen molar-refractivity contribution in [2.24, 2.45) is 0 Å². The van der Waals surface area contributed by atoms with Crippen LogP contribution in [0.5, 0.6) is 0 Å². The number of rotatable bonds is 6. The molecular formula is C18H21N3O5. The van der Waals surface area contributed by atoms with Crippen molar-refractivity contribution >= 4 is 23.8 Å². The lowest BCUT2D eigenvalue weighted by atomic mass is 9.98. The Morgan fingerprint density at radius 1 is 1.19 bits per heavy atom. The number of urea groups is 1. The first-order chi connectivity index (χ1) is 12.4. The number of amides is 4. The summed E-state index contributed by atoms with van der Waals surface area (Å²) in [6.45, 7) is -0.481. The van der Waals surface area contributed by atoms with Crippen LogP contribution in [0.4, 0.5) is 4.79 Å². The molecule has 1 aromatic rings. The van der Waals surface area contributed by atoms with Crippen molar-refractivity contribution in [3.8, 4) is 0 Å². The Hall–Kier alpha value is -2.90. The van der Waals surface area contributed by atoms with Crippen molar-refractivity contribution in [3.05, 3.63) is 35.9 Å². The number of nitrogens with zero attached hydrogens (tertiary/aromatic N) is 1. The molecule has 26 heavy (non-hydrogen) atoms. The van der Waals surface area contributed by atoms with Crippen molar-refractivity contribution in [1.29, 1.82) is 0 Å². The highest BCUT2D eigenvalue weighted by Gasteiger charge is 2.52. The van der Waals surface area contributed by atoms with Crippen LogP contribution in [0.1, 0.15) is 31.2 Å². The van der Waals surface area contributed by atoms with Crippen LogP contribution in [-0.2, 0) is 20.8 Å². The van der Waals surface area contributed by atoms with Gasteiger partial charge in [0.2, 0.25) is 5.91 Å². The molecule has 1 saturated heterocycles. The van der Waals surface area contributed by atoms with Gasteiger partial charge < -0.3 is 15.7 Å². The van der Waals surface area contributed by atoms with Crippen LogP contribution < -0.4 is 10.6 Å². The SMILES string of the molecule is O=C(CN1C(=O)NC2(CCCC2)C1=O)N[C@@H](Cc1ccccc1)C(=O)O. The van der Waals surface area contributed by atoms with Gasteiger partial charge in [-0.3, -0.25) is 14.5 Å². The van der Waals surface area contributed by atoms with Crippen molar-refractivity contribution in [1.82, 2.24) is 15.5 Å². The molecule has 0 aromatic heterocycles. The molecule has 1 atom stereocenters. The van der Waals surface area contributed by atoms with Crippen molar-refractivity contribution < 1.29 is 24.3 Å². The molecule has 138 valence electrons. The summed E-state index contributed by atoms with van der Waals surface area (Å²) in [5.74, 6) is -2.25. The lowest BCUT2D eigenvalue weighted by Gasteiger charge is -2.20. The van der Waals surface area contributed by atoms with Gasteiger partial charge in [0.1, 0.15) is 18.1 Å². The Morgan fingerprint density at radius 3 is 2.46 bits per heavy atom. The van der Waals surface area contributed by atoms with E-state index in [1.165, 1.54) is 0 Å². The summed E-state index contributed by atoms with van der Waals surface area (Å²) in [5.41, 5.74) is -0.117. The number of hydrogen-bond donors (Lipinski definition) is 3. The van der Waals surface area contributed by atoms with Gasteiger partial charge in [-0.25, -0.2) is 9.59 Å². The standard InChI is InChI=1S/C18H21N3O5/c22-14(19-13(15(23)24)10-12-6-2-1-3-7-12)11-21-16(25)18(20-17(21)26)8-4-5-9-18/h1-3,6-7,13H,4-5,8-11H2,(H,19,22)(H,20,26)(H,23,24)/t13-/m0/s1. The van der Waals surface area contributed by atoms with Crippen molar-refractivity contribution in [3.63, 3.8) is 0 Å². The summed E-state index contributed by atoms with van der Waals surface area (Å²) in [4.78, 5) is 49.2. The third-order valence-corrected chi connectivity index (χ3v) is 4.92. The molecule has 8 nitrogen and oxygen atoms in total. The smallest absolute Gasteiger partial charge is 0.326 e. The molecule has 2 fully saturated rings. The molecule has 1 saturated carbocycles. The zero-order valence-electron chi connectivity index (χ0n) is 14.2. The number of aliphatic carboxylic acids is 1. The molecule has 0 unspecified atom stereocenters. The normalized spacial score (nSPS) is 19.5. The van der Waals surface area contributed by atoms with Gasteiger partial charge in [-0.05, 0) is 18.4 Å². The molecule has 2 aliphatic rings. The monoisotopic (exact) mass is 359 g/mol. The van der Waals surface area contributed by atoms with E-state index in [1.807, 2.05) is 6.07 Å². The van der Waals surface area contributed by atoms with Gasteiger partial charge in [0.15, 0.2) is 0 Å². The van der Waals surface area contributed by atoms with Gasteiger partial charge in [-0.1, -0.05) is 43.2 Å². The van der Waals surface area contributed by atoms with E-state index in [4.69, 9.17) is 0 Å². The fraction of sp³-hybridized carbons (Fsp3) is 0.444. The molecule has 4 amide bonds. The molecule has 1 aliphatic heterocycles. The van der Waals surface area contributed by atoms with Gasteiger partial charge in [-0.2, -0.15) is 0 Å². The average Bonchev–Trinajstić information content (AvgIpc) is 3.16. The lowest BCUT2D eigenvalue weighted by Crippen LogP contribution is -2.48. The third-order valence-electron chi connectivity index (χ3n) is 4.92. The Bertz CT molecular complexity index is 728. The van der Waals surface area contributed by atoms with E-state index in [9.17, 15) is 24.3 Å². The van der Waals surface area contributed by atoms with Gasteiger partial charge >= 0.3 is 12.0 Å². The highest BCUT2D eigenvalue weighted by atomic mass is 16.4. The summed E-state index contributed by atoms with van der Waals surface area (Å²) >= 11 is 0. The van der Waals surface area contributed by atoms with Gasteiger partial charge in [0.05, 0.1) is 0 Å². The van der Waals surface area contributed by atoms with Gasteiger partial charge in [-0.15, -0.1) is 0 Å². The van der Waals surface area contributed by atoms with Crippen LogP contribution in [0.3, 0.4) is 0 Å². The topological polar surface area (TPSA) is 116 Å². The predicted octanol–water partition coefficient (Wildman–Crippen LogP) is 0.663. The van der Waals surface area contributed by atoms with Gasteiger partial charge in [0.25, 0.3) is 5.91 Å². The van der Waals surface area contributed by atoms with Crippen LogP contribution in [0.15, 0.2) is 30.3 Å². The summed E-state index contributed by atoms with van der Waals surface area (Å²) < 4.78 is 0. The summed E-state index contributed by atoms with van der Waals surface area (Å²) in [6, 6.07) is 7.18. The molecule has 3 N–H and O–H groups in total. The molecule has 8 heteroatoms. The number of nitrogens with one attached hydrogen (secondary N) is 2. The van der Waals surface area contributed by atoms with E-state index < -0.39 is 41.9 Å². The number of carboxylic acids is 1. The summed E-state index contributed by atoms with van der Waals surface area (Å²) in [7, 11) is 0. The molecule has 0 radical (unpaired) electrons. The van der Waals surface area contributed by atoms with E-state index in [1.54, 1.807) is 24.3 Å². The first-order valence-corrected chi connectivity index (χ1v) is 8.61. The maximum atomic E-state index is 12.5. The molecule has 1 heterocycles. The number of hydrogen-bond acceptors (Lipinski definition) is 4. The zero-order chi connectivity index (χ0) is 18.7. The van der Waals surface area contributed by atoms with Gasteiger partial charge in [0, 0.05) is 6.42 Å². The average molecular weight is 359 g/mol. The number of carbonyl (C=O) groups is 4. The number of carboxylic acid groups (broad SMARTS) is 1. The Morgan fingerprint density at radius 2 is 1.85 bits per heavy atom. The summed E-state index contributed by atoms with van der Waals surface area (Å²) in [6.07, 6.45) is 2.96. The second-order valence-corrected chi connectivity index (χ2v) is 6.76. The van der Waals surface area contributed by atoms with Crippen LogP contribution >= 0.6 is 0 Å². The first-order valence-electron chi connectivity index (χ1n) is 8.61. The second kappa shape index (κ2) is 7.15.